The Morgan fingerprint density at radius 2 is 2.18 bits per heavy atom. The minimum Gasteiger partial charge on any atom is -0.396 e. The average molecular weight is 250 g/mol. The third kappa shape index (κ3) is 2.84. The SMILES string of the molecule is NCC(NCCCO)c1csc2ccccc12. The van der Waals surface area contributed by atoms with Crippen LogP contribution in [0.25, 0.3) is 10.1 Å². The fourth-order valence-electron chi connectivity index (χ4n) is 1.94. The van der Waals surface area contributed by atoms with Crippen molar-refractivity contribution < 1.29 is 5.11 Å². The van der Waals surface area contributed by atoms with Crippen molar-refractivity contribution in [1.29, 1.82) is 0 Å². The molecule has 92 valence electrons. The summed E-state index contributed by atoms with van der Waals surface area (Å²) in [5.74, 6) is 0. The van der Waals surface area contributed by atoms with E-state index in [4.69, 9.17) is 10.8 Å². The van der Waals surface area contributed by atoms with Crippen LogP contribution in [0.5, 0.6) is 0 Å². The zero-order valence-electron chi connectivity index (χ0n) is 9.73. The van der Waals surface area contributed by atoms with E-state index >= 15 is 0 Å². The topological polar surface area (TPSA) is 58.3 Å². The highest BCUT2D eigenvalue weighted by Crippen LogP contribution is 2.29. The van der Waals surface area contributed by atoms with Gasteiger partial charge in [-0.2, -0.15) is 0 Å². The Bertz CT molecular complexity index is 469. The predicted octanol–water partition coefficient (Wildman–Crippen LogP) is 1.87. The van der Waals surface area contributed by atoms with E-state index < -0.39 is 0 Å². The highest BCUT2D eigenvalue weighted by Gasteiger charge is 2.13. The molecule has 1 aromatic heterocycles. The minimum absolute atomic E-state index is 0.178. The van der Waals surface area contributed by atoms with E-state index in [1.54, 1.807) is 11.3 Å². The van der Waals surface area contributed by atoms with Crippen LogP contribution in [-0.2, 0) is 0 Å². The number of thiophene rings is 1. The second-order valence-corrected chi connectivity index (χ2v) is 4.92. The summed E-state index contributed by atoms with van der Waals surface area (Å²) in [5, 5.41) is 15.6. The molecule has 4 N–H and O–H groups in total. The Hall–Kier alpha value is -0.940. The lowest BCUT2D eigenvalue weighted by molar-refractivity contribution is 0.283. The van der Waals surface area contributed by atoms with Gasteiger partial charge >= 0.3 is 0 Å². The monoisotopic (exact) mass is 250 g/mol. The Morgan fingerprint density at radius 1 is 1.35 bits per heavy atom. The van der Waals surface area contributed by atoms with Crippen LogP contribution in [0.4, 0.5) is 0 Å². The number of hydrogen-bond acceptors (Lipinski definition) is 4. The number of fused-ring (bicyclic) bond motifs is 1. The maximum atomic E-state index is 8.78. The van der Waals surface area contributed by atoms with Crippen molar-refractivity contribution in [3.05, 3.63) is 35.2 Å². The van der Waals surface area contributed by atoms with Crippen LogP contribution in [-0.4, -0.2) is 24.8 Å². The van der Waals surface area contributed by atoms with Gasteiger partial charge in [-0.15, -0.1) is 11.3 Å². The van der Waals surface area contributed by atoms with Crippen molar-refractivity contribution in [2.75, 3.05) is 19.7 Å². The Morgan fingerprint density at radius 3 is 2.94 bits per heavy atom. The molecule has 0 spiro atoms. The first-order chi connectivity index (χ1) is 8.36. The fraction of sp³-hybridized carbons (Fsp3) is 0.385. The van der Waals surface area contributed by atoms with E-state index in [-0.39, 0.29) is 12.6 Å². The van der Waals surface area contributed by atoms with Gasteiger partial charge in [-0.05, 0) is 35.4 Å². The lowest BCUT2D eigenvalue weighted by Crippen LogP contribution is -2.29. The number of aliphatic hydroxyl groups is 1. The standard InChI is InChI=1S/C13H18N2OS/c14-8-12(15-6-3-7-16)11-9-17-13-5-2-1-4-10(11)13/h1-2,4-5,9,12,15-16H,3,6-8,14H2. The first-order valence-corrected chi connectivity index (χ1v) is 6.75. The number of rotatable bonds is 6. The normalized spacial score (nSPS) is 13.1. The van der Waals surface area contributed by atoms with Gasteiger partial charge in [0, 0.05) is 23.9 Å². The van der Waals surface area contributed by atoms with Gasteiger partial charge in [-0.25, -0.2) is 0 Å². The molecule has 0 aliphatic carbocycles. The van der Waals surface area contributed by atoms with Gasteiger partial charge in [0.25, 0.3) is 0 Å². The van der Waals surface area contributed by atoms with Crippen LogP contribution in [0, 0.1) is 0 Å². The van der Waals surface area contributed by atoms with E-state index in [0.717, 1.165) is 13.0 Å². The summed E-state index contributed by atoms with van der Waals surface area (Å²) in [6.45, 7) is 1.59. The summed E-state index contributed by atoms with van der Waals surface area (Å²) < 4.78 is 1.30. The molecule has 0 amide bonds. The molecule has 0 aliphatic rings. The zero-order valence-corrected chi connectivity index (χ0v) is 10.5. The third-order valence-corrected chi connectivity index (χ3v) is 3.83. The first kappa shape index (κ1) is 12.5. The summed E-state index contributed by atoms with van der Waals surface area (Å²) in [6, 6.07) is 8.55. The first-order valence-electron chi connectivity index (χ1n) is 5.87. The molecule has 0 aliphatic heterocycles. The number of benzene rings is 1. The van der Waals surface area contributed by atoms with Crippen LogP contribution >= 0.6 is 11.3 Å². The number of hydrogen-bond donors (Lipinski definition) is 3. The molecule has 0 radical (unpaired) electrons. The molecular formula is C13H18N2OS. The average Bonchev–Trinajstić information content (AvgIpc) is 2.79. The van der Waals surface area contributed by atoms with Crippen LogP contribution in [0.1, 0.15) is 18.0 Å². The number of nitrogens with two attached hydrogens (primary N) is 1. The van der Waals surface area contributed by atoms with Crippen LogP contribution < -0.4 is 11.1 Å². The summed E-state index contributed by atoms with van der Waals surface area (Å²) in [4.78, 5) is 0. The summed E-state index contributed by atoms with van der Waals surface area (Å²) in [6.07, 6.45) is 0.762. The van der Waals surface area contributed by atoms with E-state index in [0.29, 0.717) is 6.54 Å². The summed E-state index contributed by atoms with van der Waals surface area (Å²) >= 11 is 1.75. The summed E-state index contributed by atoms with van der Waals surface area (Å²) in [7, 11) is 0. The smallest absolute Gasteiger partial charge is 0.0459 e. The maximum Gasteiger partial charge on any atom is 0.0459 e. The van der Waals surface area contributed by atoms with Crippen molar-refractivity contribution in [3.63, 3.8) is 0 Å². The Labute approximate surface area is 105 Å². The van der Waals surface area contributed by atoms with Gasteiger partial charge in [0.1, 0.15) is 0 Å². The zero-order chi connectivity index (χ0) is 12.1. The van der Waals surface area contributed by atoms with Crippen LogP contribution in [0.2, 0.25) is 0 Å². The van der Waals surface area contributed by atoms with Crippen LogP contribution in [0.3, 0.4) is 0 Å². The van der Waals surface area contributed by atoms with Gasteiger partial charge in [0.2, 0.25) is 0 Å². The molecule has 1 unspecified atom stereocenters. The summed E-state index contributed by atoms with van der Waals surface area (Å²) in [5.41, 5.74) is 7.09. The van der Waals surface area contributed by atoms with Gasteiger partial charge in [0.05, 0.1) is 0 Å². The Balaban J connectivity index is 2.18. The van der Waals surface area contributed by atoms with Gasteiger partial charge in [0.15, 0.2) is 0 Å². The molecule has 0 saturated heterocycles. The molecule has 3 nitrogen and oxygen atoms in total. The Kier molecular flexibility index (Phi) is 4.50. The lowest BCUT2D eigenvalue weighted by atomic mass is 10.1. The molecule has 1 heterocycles. The largest absolute Gasteiger partial charge is 0.396 e. The van der Waals surface area contributed by atoms with E-state index in [9.17, 15) is 0 Å². The van der Waals surface area contributed by atoms with Crippen molar-refractivity contribution in [1.82, 2.24) is 5.32 Å². The van der Waals surface area contributed by atoms with Crippen molar-refractivity contribution in [2.45, 2.75) is 12.5 Å². The van der Waals surface area contributed by atoms with E-state index in [1.165, 1.54) is 15.6 Å². The number of aliphatic hydroxyl groups excluding tert-OH is 1. The van der Waals surface area contributed by atoms with Crippen molar-refractivity contribution >= 4 is 21.4 Å². The van der Waals surface area contributed by atoms with E-state index in [2.05, 4.69) is 35.0 Å². The van der Waals surface area contributed by atoms with Gasteiger partial charge in [-0.3, -0.25) is 0 Å². The highest BCUT2D eigenvalue weighted by atomic mass is 32.1. The fourth-order valence-corrected chi connectivity index (χ4v) is 2.96. The van der Waals surface area contributed by atoms with Gasteiger partial charge < -0.3 is 16.2 Å². The highest BCUT2D eigenvalue weighted by molar-refractivity contribution is 7.17. The molecule has 4 heteroatoms. The van der Waals surface area contributed by atoms with E-state index in [1.807, 2.05) is 0 Å². The molecule has 0 bridgehead atoms. The molecule has 0 fully saturated rings. The lowest BCUT2D eigenvalue weighted by Gasteiger charge is -2.16. The maximum absolute atomic E-state index is 8.78. The molecule has 1 atom stereocenters. The second kappa shape index (κ2) is 6.12. The molecule has 2 rings (SSSR count). The third-order valence-electron chi connectivity index (χ3n) is 2.85. The molecule has 1 aromatic carbocycles. The number of nitrogens with one attached hydrogen (secondary N) is 1. The second-order valence-electron chi connectivity index (χ2n) is 4.01. The minimum atomic E-state index is 0.178. The van der Waals surface area contributed by atoms with Crippen LogP contribution in [0.15, 0.2) is 29.6 Å². The van der Waals surface area contributed by atoms with Gasteiger partial charge in [-0.1, -0.05) is 18.2 Å². The predicted molar refractivity (Wildman–Crippen MR) is 73.3 cm³/mol. The molecule has 17 heavy (non-hydrogen) atoms. The molecular weight excluding hydrogens is 232 g/mol. The van der Waals surface area contributed by atoms with Crippen molar-refractivity contribution in [2.24, 2.45) is 5.73 Å². The molecule has 0 saturated carbocycles. The molecule has 2 aromatic rings. The quantitative estimate of drug-likeness (QED) is 0.686. The van der Waals surface area contributed by atoms with Crippen molar-refractivity contribution in [3.8, 4) is 0 Å².